The first-order chi connectivity index (χ1) is 5.75. The summed E-state index contributed by atoms with van der Waals surface area (Å²) in [6.45, 7) is 2.10. The second-order valence-corrected chi connectivity index (χ2v) is 2.94. The first kappa shape index (κ1) is 9.37. The average molecular weight is 278 g/mol. The number of ether oxygens (including phenoxy) is 1. The van der Waals surface area contributed by atoms with Crippen LogP contribution in [-0.4, -0.2) is 22.5 Å². The Morgan fingerprint density at radius 1 is 1.58 bits per heavy atom. The van der Waals surface area contributed by atoms with Crippen molar-refractivity contribution >= 4 is 28.6 Å². The minimum atomic E-state index is -0.421. The number of aromatic nitrogens is 2. The summed E-state index contributed by atoms with van der Waals surface area (Å²) in [5.41, 5.74) is 0.278. The molecule has 0 aromatic carbocycles. The van der Waals surface area contributed by atoms with Gasteiger partial charge in [0.05, 0.1) is 6.61 Å². The lowest BCUT2D eigenvalue weighted by atomic mass is 10.5. The van der Waals surface area contributed by atoms with E-state index < -0.39 is 5.97 Å². The van der Waals surface area contributed by atoms with Gasteiger partial charge < -0.3 is 4.74 Å². The fraction of sp³-hybridized carbons (Fsp3) is 0.286. The topological polar surface area (TPSA) is 52.1 Å². The molecule has 0 radical (unpaired) electrons. The molecular formula is C7H7IN2O2. The standard InChI is InChI=1S/C7H7IN2O2/c1-2-12-7(11)5-6(8)10-4-3-9-5/h3-4H,2H2,1H3. The quantitative estimate of drug-likeness (QED) is 0.603. The molecule has 1 rings (SSSR count). The van der Waals surface area contributed by atoms with Gasteiger partial charge in [0.2, 0.25) is 0 Å². The predicted octanol–water partition coefficient (Wildman–Crippen LogP) is 1.26. The number of esters is 1. The summed E-state index contributed by atoms with van der Waals surface area (Å²) in [5, 5.41) is 0. The van der Waals surface area contributed by atoms with Gasteiger partial charge in [0.15, 0.2) is 5.69 Å². The van der Waals surface area contributed by atoms with Crippen molar-refractivity contribution in [1.82, 2.24) is 9.97 Å². The van der Waals surface area contributed by atoms with Crippen LogP contribution in [0.15, 0.2) is 12.4 Å². The van der Waals surface area contributed by atoms with Crippen molar-refractivity contribution in [2.75, 3.05) is 6.61 Å². The Morgan fingerprint density at radius 2 is 2.25 bits per heavy atom. The van der Waals surface area contributed by atoms with Crippen LogP contribution >= 0.6 is 22.6 Å². The maximum Gasteiger partial charge on any atom is 0.359 e. The van der Waals surface area contributed by atoms with Crippen molar-refractivity contribution in [3.63, 3.8) is 0 Å². The highest BCUT2D eigenvalue weighted by atomic mass is 127. The number of rotatable bonds is 2. The molecule has 0 saturated heterocycles. The van der Waals surface area contributed by atoms with Gasteiger partial charge in [-0.1, -0.05) is 0 Å². The third-order valence-corrected chi connectivity index (χ3v) is 1.91. The molecule has 0 unspecified atom stereocenters. The second-order valence-electron chi connectivity index (χ2n) is 1.92. The number of halogens is 1. The minimum Gasteiger partial charge on any atom is -0.461 e. The highest BCUT2D eigenvalue weighted by molar-refractivity contribution is 14.1. The monoisotopic (exact) mass is 278 g/mol. The first-order valence-electron chi connectivity index (χ1n) is 3.39. The van der Waals surface area contributed by atoms with Gasteiger partial charge in [-0.05, 0) is 29.5 Å². The summed E-state index contributed by atoms with van der Waals surface area (Å²) in [6, 6.07) is 0. The van der Waals surface area contributed by atoms with Gasteiger partial charge in [0.25, 0.3) is 0 Å². The van der Waals surface area contributed by atoms with E-state index in [0.29, 0.717) is 10.3 Å². The van der Waals surface area contributed by atoms with Gasteiger partial charge in [-0.25, -0.2) is 14.8 Å². The van der Waals surface area contributed by atoms with E-state index in [1.165, 1.54) is 12.4 Å². The summed E-state index contributed by atoms with van der Waals surface area (Å²) in [5.74, 6) is -0.421. The smallest absolute Gasteiger partial charge is 0.359 e. The van der Waals surface area contributed by atoms with E-state index in [0.717, 1.165) is 0 Å². The maximum atomic E-state index is 11.1. The van der Waals surface area contributed by atoms with E-state index in [1.807, 2.05) is 22.6 Å². The molecule has 0 atom stereocenters. The van der Waals surface area contributed by atoms with E-state index in [1.54, 1.807) is 6.92 Å². The van der Waals surface area contributed by atoms with Crippen molar-refractivity contribution in [3.8, 4) is 0 Å². The molecular weight excluding hydrogens is 271 g/mol. The Morgan fingerprint density at radius 3 is 2.83 bits per heavy atom. The molecule has 0 amide bonds. The zero-order valence-electron chi connectivity index (χ0n) is 6.45. The average Bonchev–Trinajstić information content (AvgIpc) is 2.05. The zero-order valence-corrected chi connectivity index (χ0v) is 8.61. The molecule has 0 spiro atoms. The Hall–Kier alpha value is -0.720. The Labute approximate surface area is 83.5 Å². The normalized spacial score (nSPS) is 9.50. The lowest BCUT2D eigenvalue weighted by Gasteiger charge is -2.00. The van der Waals surface area contributed by atoms with Crippen LogP contribution < -0.4 is 0 Å². The third-order valence-electron chi connectivity index (χ3n) is 1.12. The second kappa shape index (κ2) is 4.34. The van der Waals surface area contributed by atoms with Crippen LogP contribution in [0, 0.1) is 3.70 Å². The van der Waals surface area contributed by atoms with E-state index >= 15 is 0 Å². The molecule has 0 aliphatic heterocycles. The fourth-order valence-corrected chi connectivity index (χ4v) is 1.18. The van der Waals surface area contributed by atoms with Gasteiger partial charge in [-0.3, -0.25) is 0 Å². The van der Waals surface area contributed by atoms with Gasteiger partial charge in [-0.15, -0.1) is 0 Å². The number of hydrogen-bond acceptors (Lipinski definition) is 4. The summed E-state index contributed by atoms with van der Waals surface area (Å²) in [6.07, 6.45) is 3.00. The van der Waals surface area contributed by atoms with E-state index in [4.69, 9.17) is 4.74 Å². The van der Waals surface area contributed by atoms with Gasteiger partial charge >= 0.3 is 5.97 Å². The Bertz CT molecular complexity index is 290. The maximum absolute atomic E-state index is 11.1. The molecule has 1 aromatic rings. The van der Waals surface area contributed by atoms with Gasteiger partial charge in [0, 0.05) is 12.4 Å². The molecule has 0 saturated carbocycles. The van der Waals surface area contributed by atoms with Crippen LogP contribution in [0.5, 0.6) is 0 Å². The summed E-state index contributed by atoms with van der Waals surface area (Å²) in [7, 11) is 0. The molecule has 64 valence electrons. The molecule has 4 nitrogen and oxygen atoms in total. The van der Waals surface area contributed by atoms with Crippen LogP contribution in [0.3, 0.4) is 0 Å². The number of hydrogen-bond donors (Lipinski definition) is 0. The molecule has 0 aliphatic rings. The molecule has 5 heteroatoms. The third kappa shape index (κ3) is 2.13. The summed E-state index contributed by atoms with van der Waals surface area (Å²) < 4.78 is 5.33. The molecule has 0 bridgehead atoms. The molecule has 1 aromatic heterocycles. The SMILES string of the molecule is CCOC(=O)c1nccnc1I. The highest BCUT2D eigenvalue weighted by Gasteiger charge is 2.12. The summed E-state index contributed by atoms with van der Waals surface area (Å²) in [4.78, 5) is 18.9. The van der Waals surface area contributed by atoms with Crippen LogP contribution in [0.1, 0.15) is 17.4 Å². The number of carbonyl (C=O) groups is 1. The van der Waals surface area contributed by atoms with E-state index in [2.05, 4.69) is 9.97 Å². The van der Waals surface area contributed by atoms with Gasteiger partial charge in [0.1, 0.15) is 3.70 Å². The lowest BCUT2D eigenvalue weighted by molar-refractivity contribution is 0.0517. The number of nitrogens with zero attached hydrogens (tertiary/aromatic N) is 2. The molecule has 0 fully saturated rings. The molecule has 1 heterocycles. The van der Waals surface area contributed by atoms with Crippen LogP contribution in [0.2, 0.25) is 0 Å². The Kier molecular flexibility index (Phi) is 3.39. The fourth-order valence-electron chi connectivity index (χ4n) is 0.657. The van der Waals surface area contributed by atoms with Crippen molar-refractivity contribution in [2.45, 2.75) is 6.92 Å². The zero-order chi connectivity index (χ0) is 8.97. The number of carbonyl (C=O) groups excluding carboxylic acids is 1. The highest BCUT2D eigenvalue weighted by Crippen LogP contribution is 2.05. The molecule has 0 aliphatic carbocycles. The lowest BCUT2D eigenvalue weighted by Crippen LogP contribution is -2.09. The summed E-state index contributed by atoms with van der Waals surface area (Å²) >= 11 is 1.94. The van der Waals surface area contributed by atoms with Crippen LogP contribution in [0.4, 0.5) is 0 Å². The van der Waals surface area contributed by atoms with Crippen molar-refractivity contribution < 1.29 is 9.53 Å². The van der Waals surface area contributed by atoms with Crippen LogP contribution in [0.25, 0.3) is 0 Å². The van der Waals surface area contributed by atoms with Crippen molar-refractivity contribution in [1.29, 1.82) is 0 Å². The van der Waals surface area contributed by atoms with Crippen LogP contribution in [-0.2, 0) is 4.74 Å². The van der Waals surface area contributed by atoms with Crippen molar-refractivity contribution in [2.24, 2.45) is 0 Å². The predicted molar refractivity (Wildman–Crippen MR) is 50.7 cm³/mol. The van der Waals surface area contributed by atoms with E-state index in [9.17, 15) is 4.79 Å². The van der Waals surface area contributed by atoms with Gasteiger partial charge in [-0.2, -0.15) is 0 Å². The van der Waals surface area contributed by atoms with E-state index in [-0.39, 0.29) is 5.69 Å². The molecule has 0 N–H and O–H groups in total. The molecule has 12 heavy (non-hydrogen) atoms. The minimum absolute atomic E-state index is 0.278. The van der Waals surface area contributed by atoms with Crippen molar-refractivity contribution in [3.05, 3.63) is 21.8 Å². The largest absolute Gasteiger partial charge is 0.461 e. The Balaban J connectivity index is 2.87. The first-order valence-corrected chi connectivity index (χ1v) is 4.47.